The van der Waals surface area contributed by atoms with Crippen molar-refractivity contribution >= 4 is 27.5 Å². The van der Waals surface area contributed by atoms with Crippen LogP contribution in [0.25, 0.3) is 0 Å². The van der Waals surface area contributed by atoms with Crippen molar-refractivity contribution in [1.29, 1.82) is 0 Å². The van der Waals surface area contributed by atoms with Gasteiger partial charge in [-0.3, -0.25) is 0 Å². The van der Waals surface area contributed by atoms with Crippen molar-refractivity contribution in [3.05, 3.63) is 27.2 Å². The molecule has 0 aromatic heterocycles. The first-order chi connectivity index (χ1) is 8.58. The standard InChI is InChI=1S/C14H19BrClNO/c1-8(9-4-5-9)13(17-2)11-6-10(16)7-12(15)14(11)18-3/h6-9,13,17H,4-5H2,1-3H3. The molecule has 18 heavy (non-hydrogen) atoms. The predicted molar refractivity (Wildman–Crippen MR) is 79.4 cm³/mol. The molecule has 1 aromatic rings. The van der Waals surface area contributed by atoms with E-state index < -0.39 is 0 Å². The van der Waals surface area contributed by atoms with Gasteiger partial charge >= 0.3 is 0 Å². The molecule has 1 fully saturated rings. The second kappa shape index (κ2) is 5.81. The molecule has 4 heteroatoms. The highest BCUT2D eigenvalue weighted by atomic mass is 79.9. The molecule has 1 saturated carbocycles. The fourth-order valence-electron chi connectivity index (χ4n) is 2.62. The lowest BCUT2D eigenvalue weighted by Crippen LogP contribution is -2.25. The average molecular weight is 333 g/mol. The second-order valence-corrected chi connectivity index (χ2v) is 6.26. The summed E-state index contributed by atoms with van der Waals surface area (Å²) in [6.07, 6.45) is 2.67. The van der Waals surface area contributed by atoms with Crippen LogP contribution in [0.15, 0.2) is 16.6 Å². The van der Waals surface area contributed by atoms with Crippen LogP contribution in [0.1, 0.15) is 31.4 Å². The fraction of sp³-hybridized carbons (Fsp3) is 0.571. The number of nitrogens with one attached hydrogen (secondary N) is 1. The summed E-state index contributed by atoms with van der Waals surface area (Å²) < 4.78 is 6.43. The van der Waals surface area contributed by atoms with Gasteiger partial charge in [0.25, 0.3) is 0 Å². The van der Waals surface area contributed by atoms with Crippen molar-refractivity contribution in [1.82, 2.24) is 5.32 Å². The normalized spacial score (nSPS) is 18.5. The quantitative estimate of drug-likeness (QED) is 0.862. The molecular weight excluding hydrogens is 314 g/mol. The van der Waals surface area contributed by atoms with Crippen LogP contribution < -0.4 is 10.1 Å². The minimum Gasteiger partial charge on any atom is -0.495 e. The maximum absolute atomic E-state index is 6.17. The van der Waals surface area contributed by atoms with Gasteiger partial charge in [0.05, 0.1) is 11.6 Å². The van der Waals surface area contributed by atoms with E-state index in [1.165, 1.54) is 12.8 Å². The van der Waals surface area contributed by atoms with Crippen LogP contribution in [0.3, 0.4) is 0 Å². The minimum absolute atomic E-state index is 0.280. The van der Waals surface area contributed by atoms with Gasteiger partial charge in [0.1, 0.15) is 5.75 Å². The molecule has 2 unspecified atom stereocenters. The Balaban J connectivity index is 2.39. The number of methoxy groups -OCH3 is 1. The number of ether oxygens (including phenoxy) is 1. The monoisotopic (exact) mass is 331 g/mol. The zero-order valence-corrected chi connectivity index (χ0v) is 13.3. The van der Waals surface area contributed by atoms with Gasteiger partial charge in [0.2, 0.25) is 0 Å². The summed E-state index contributed by atoms with van der Waals surface area (Å²) in [5.41, 5.74) is 1.14. The summed E-state index contributed by atoms with van der Waals surface area (Å²) in [6.45, 7) is 2.30. The molecule has 0 bridgehead atoms. The van der Waals surface area contributed by atoms with Crippen LogP contribution in [-0.4, -0.2) is 14.2 Å². The van der Waals surface area contributed by atoms with Gasteiger partial charge in [0.15, 0.2) is 0 Å². The maximum atomic E-state index is 6.17. The molecule has 1 aliphatic carbocycles. The van der Waals surface area contributed by atoms with E-state index in [4.69, 9.17) is 16.3 Å². The average Bonchev–Trinajstić information content (AvgIpc) is 3.13. The largest absolute Gasteiger partial charge is 0.495 e. The van der Waals surface area contributed by atoms with Gasteiger partial charge in [-0.05, 0) is 59.8 Å². The first kappa shape index (κ1) is 14.2. The van der Waals surface area contributed by atoms with Crippen molar-refractivity contribution in [2.75, 3.05) is 14.2 Å². The Bertz CT molecular complexity index is 434. The van der Waals surface area contributed by atoms with Gasteiger partial charge in [-0.1, -0.05) is 18.5 Å². The number of halogens is 2. The molecule has 0 heterocycles. The van der Waals surface area contributed by atoms with E-state index in [9.17, 15) is 0 Å². The van der Waals surface area contributed by atoms with E-state index in [-0.39, 0.29) is 6.04 Å². The van der Waals surface area contributed by atoms with Crippen LogP contribution in [-0.2, 0) is 0 Å². The van der Waals surface area contributed by atoms with E-state index in [1.807, 2.05) is 19.2 Å². The summed E-state index contributed by atoms with van der Waals surface area (Å²) in [7, 11) is 3.70. The highest BCUT2D eigenvalue weighted by Crippen LogP contribution is 2.46. The van der Waals surface area contributed by atoms with E-state index in [0.717, 1.165) is 26.7 Å². The Hall–Kier alpha value is -0.250. The molecule has 0 radical (unpaired) electrons. The Morgan fingerprint density at radius 1 is 1.44 bits per heavy atom. The van der Waals surface area contributed by atoms with Crippen molar-refractivity contribution < 1.29 is 4.74 Å². The Labute approximate surface area is 122 Å². The van der Waals surface area contributed by atoms with Crippen molar-refractivity contribution in [3.8, 4) is 5.75 Å². The van der Waals surface area contributed by atoms with Crippen LogP contribution in [0.4, 0.5) is 0 Å². The zero-order chi connectivity index (χ0) is 13.3. The second-order valence-electron chi connectivity index (χ2n) is 4.97. The van der Waals surface area contributed by atoms with Crippen LogP contribution >= 0.6 is 27.5 Å². The van der Waals surface area contributed by atoms with Crippen LogP contribution in [0.2, 0.25) is 5.02 Å². The number of benzene rings is 1. The highest BCUT2D eigenvalue weighted by molar-refractivity contribution is 9.10. The molecular formula is C14H19BrClNO. The summed E-state index contributed by atoms with van der Waals surface area (Å²) in [4.78, 5) is 0. The Morgan fingerprint density at radius 3 is 2.61 bits per heavy atom. The molecule has 0 spiro atoms. The molecule has 1 N–H and O–H groups in total. The van der Waals surface area contributed by atoms with Crippen LogP contribution in [0.5, 0.6) is 5.75 Å². The third-order valence-corrected chi connectivity index (χ3v) is 4.59. The van der Waals surface area contributed by atoms with Gasteiger partial charge < -0.3 is 10.1 Å². The van der Waals surface area contributed by atoms with E-state index >= 15 is 0 Å². The van der Waals surface area contributed by atoms with Gasteiger partial charge in [-0.15, -0.1) is 0 Å². The van der Waals surface area contributed by atoms with E-state index in [2.05, 4.69) is 28.2 Å². The van der Waals surface area contributed by atoms with E-state index in [0.29, 0.717) is 5.92 Å². The summed E-state index contributed by atoms with van der Waals surface area (Å²) in [6, 6.07) is 4.16. The molecule has 2 nitrogen and oxygen atoms in total. The number of hydrogen-bond acceptors (Lipinski definition) is 2. The summed E-state index contributed by atoms with van der Waals surface area (Å²) in [5, 5.41) is 4.15. The minimum atomic E-state index is 0.280. The molecule has 0 amide bonds. The predicted octanol–water partition coefficient (Wildman–Crippen LogP) is 4.42. The van der Waals surface area contributed by atoms with Crippen molar-refractivity contribution in [2.24, 2.45) is 11.8 Å². The highest BCUT2D eigenvalue weighted by Gasteiger charge is 2.34. The third-order valence-electron chi connectivity index (χ3n) is 3.78. The first-order valence-corrected chi connectivity index (χ1v) is 7.45. The molecule has 100 valence electrons. The summed E-state index contributed by atoms with van der Waals surface area (Å²) in [5.74, 6) is 2.30. The fourth-order valence-corrected chi connectivity index (χ4v) is 3.62. The maximum Gasteiger partial charge on any atom is 0.137 e. The molecule has 1 aliphatic rings. The van der Waals surface area contributed by atoms with Crippen molar-refractivity contribution in [3.63, 3.8) is 0 Å². The van der Waals surface area contributed by atoms with Gasteiger partial charge in [0, 0.05) is 16.6 Å². The Morgan fingerprint density at radius 2 is 2.11 bits per heavy atom. The van der Waals surface area contributed by atoms with E-state index in [1.54, 1.807) is 7.11 Å². The summed E-state index contributed by atoms with van der Waals surface area (Å²) >= 11 is 9.69. The SMILES string of the molecule is CNC(c1cc(Cl)cc(Br)c1OC)C(C)C1CC1. The zero-order valence-electron chi connectivity index (χ0n) is 11.0. The molecule has 2 atom stereocenters. The number of hydrogen-bond donors (Lipinski definition) is 1. The Kier molecular flexibility index (Phi) is 4.57. The van der Waals surface area contributed by atoms with Crippen molar-refractivity contribution in [2.45, 2.75) is 25.8 Å². The molecule has 1 aromatic carbocycles. The molecule has 0 saturated heterocycles. The topological polar surface area (TPSA) is 21.3 Å². The lowest BCUT2D eigenvalue weighted by molar-refractivity contribution is 0.345. The first-order valence-electron chi connectivity index (χ1n) is 6.28. The lowest BCUT2D eigenvalue weighted by Gasteiger charge is -2.26. The van der Waals surface area contributed by atoms with Gasteiger partial charge in [-0.2, -0.15) is 0 Å². The molecule has 2 rings (SSSR count). The number of rotatable bonds is 5. The molecule has 0 aliphatic heterocycles. The van der Waals surface area contributed by atoms with Gasteiger partial charge in [-0.25, -0.2) is 0 Å². The van der Waals surface area contributed by atoms with Crippen LogP contribution in [0, 0.1) is 11.8 Å². The lowest BCUT2D eigenvalue weighted by atomic mass is 9.90. The smallest absolute Gasteiger partial charge is 0.137 e. The third kappa shape index (κ3) is 2.84.